The third kappa shape index (κ3) is 1.70. The van der Waals surface area contributed by atoms with Crippen LogP contribution < -0.4 is 10.1 Å². The van der Waals surface area contributed by atoms with E-state index in [0.29, 0.717) is 12.4 Å². The molecule has 0 bridgehead atoms. The Balaban J connectivity index is 1.98. The van der Waals surface area contributed by atoms with Crippen molar-refractivity contribution in [3.63, 3.8) is 0 Å². The van der Waals surface area contributed by atoms with Gasteiger partial charge >= 0.3 is 5.97 Å². The van der Waals surface area contributed by atoms with Gasteiger partial charge in [-0.1, -0.05) is 18.2 Å². The zero-order chi connectivity index (χ0) is 11.9. The number of benzene rings is 1. The van der Waals surface area contributed by atoms with E-state index in [1.54, 1.807) is 11.8 Å². The minimum Gasteiger partial charge on any atom is -0.493 e. The molecule has 17 heavy (non-hydrogen) atoms. The van der Waals surface area contributed by atoms with Crippen molar-refractivity contribution in [1.29, 1.82) is 0 Å². The first-order valence-electron chi connectivity index (χ1n) is 5.58. The number of fused-ring (bicyclic) bond motifs is 2. The minimum absolute atomic E-state index is 0.280. The minimum atomic E-state index is -0.779. The van der Waals surface area contributed by atoms with Crippen LogP contribution in [0.5, 0.6) is 5.75 Å². The molecule has 2 N–H and O–H groups in total. The Hall–Kier alpha value is -1.20. The number of rotatable bonds is 1. The Kier molecular flexibility index (Phi) is 2.52. The fourth-order valence-electron chi connectivity index (χ4n) is 2.39. The van der Waals surface area contributed by atoms with E-state index >= 15 is 0 Å². The summed E-state index contributed by atoms with van der Waals surface area (Å²) >= 11 is 1.67. The van der Waals surface area contributed by atoms with E-state index in [2.05, 4.69) is 5.32 Å². The molecule has 1 fully saturated rings. The summed E-state index contributed by atoms with van der Waals surface area (Å²) < 4.78 is 5.61. The van der Waals surface area contributed by atoms with Crippen LogP contribution in [0.3, 0.4) is 0 Å². The first-order valence-corrected chi connectivity index (χ1v) is 6.57. The zero-order valence-corrected chi connectivity index (χ0v) is 10.00. The van der Waals surface area contributed by atoms with E-state index in [-0.39, 0.29) is 4.87 Å². The summed E-state index contributed by atoms with van der Waals surface area (Å²) in [4.78, 5) is 10.8. The number of hydrogen-bond acceptors (Lipinski definition) is 4. The second-order valence-corrected chi connectivity index (χ2v) is 5.59. The summed E-state index contributed by atoms with van der Waals surface area (Å²) in [6.45, 7) is 0.628. The Morgan fingerprint density at radius 2 is 2.35 bits per heavy atom. The van der Waals surface area contributed by atoms with E-state index in [0.717, 1.165) is 17.7 Å². The van der Waals surface area contributed by atoms with Crippen molar-refractivity contribution in [3.05, 3.63) is 29.8 Å². The molecular weight excluding hydrogens is 238 g/mol. The molecule has 2 aliphatic heterocycles. The van der Waals surface area contributed by atoms with Crippen LogP contribution in [0.1, 0.15) is 12.0 Å². The average Bonchev–Trinajstić information content (AvgIpc) is 2.75. The first kappa shape index (κ1) is 10.9. The van der Waals surface area contributed by atoms with Crippen LogP contribution in [0, 0.1) is 0 Å². The Bertz CT molecular complexity index is 465. The maximum Gasteiger partial charge on any atom is 0.321 e. The lowest BCUT2D eigenvalue weighted by atomic mass is 9.99. The summed E-state index contributed by atoms with van der Waals surface area (Å²) in [5.74, 6) is 0.687. The molecule has 1 aromatic carbocycles. The number of hydrogen-bond donors (Lipinski definition) is 2. The van der Waals surface area contributed by atoms with Crippen molar-refractivity contribution in [2.75, 3.05) is 12.4 Å². The normalized spacial score (nSPS) is 30.9. The zero-order valence-electron chi connectivity index (χ0n) is 9.18. The number of thioether (sulfide) groups is 1. The number of carboxylic acids is 1. The molecule has 3 rings (SSSR count). The maximum absolute atomic E-state index is 11.0. The van der Waals surface area contributed by atoms with Gasteiger partial charge in [0, 0.05) is 17.7 Å². The molecule has 0 radical (unpaired) electrons. The second kappa shape index (κ2) is 3.92. The SMILES string of the molecule is O=C(O)[C@H]1CSC2(CCOc3ccccc32)N1. The van der Waals surface area contributed by atoms with Crippen LogP contribution >= 0.6 is 11.8 Å². The third-order valence-electron chi connectivity index (χ3n) is 3.24. The number of nitrogens with one attached hydrogen (secondary N) is 1. The van der Waals surface area contributed by atoms with Gasteiger partial charge in [0.1, 0.15) is 11.8 Å². The van der Waals surface area contributed by atoms with E-state index in [1.165, 1.54) is 0 Å². The molecule has 0 aromatic heterocycles. The van der Waals surface area contributed by atoms with Crippen molar-refractivity contribution in [1.82, 2.24) is 5.32 Å². The van der Waals surface area contributed by atoms with Gasteiger partial charge in [0.15, 0.2) is 0 Å². The summed E-state index contributed by atoms with van der Waals surface area (Å²) in [6.07, 6.45) is 0.804. The van der Waals surface area contributed by atoms with Crippen molar-refractivity contribution in [3.8, 4) is 5.75 Å². The summed E-state index contributed by atoms with van der Waals surface area (Å²) in [5, 5.41) is 12.3. The van der Waals surface area contributed by atoms with Gasteiger partial charge in [0.25, 0.3) is 0 Å². The highest BCUT2D eigenvalue weighted by atomic mass is 32.2. The second-order valence-electron chi connectivity index (χ2n) is 4.27. The molecule has 4 nitrogen and oxygen atoms in total. The van der Waals surface area contributed by atoms with Crippen molar-refractivity contribution in [2.24, 2.45) is 0 Å². The molecule has 1 saturated heterocycles. The van der Waals surface area contributed by atoms with Crippen LogP contribution in [0.25, 0.3) is 0 Å². The Labute approximate surface area is 103 Å². The molecule has 5 heteroatoms. The maximum atomic E-state index is 11.0. The molecule has 2 atom stereocenters. The number of carbonyl (C=O) groups is 1. The molecule has 1 spiro atoms. The highest BCUT2D eigenvalue weighted by Crippen LogP contribution is 2.48. The third-order valence-corrected chi connectivity index (χ3v) is 4.77. The van der Waals surface area contributed by atoms with E-state index in [4.69, 9.17) is 9.84 Å². The van der Waals surface area contributed by atoms with Crippen LogP contribution in [-0.2, 0) is 9.67 Å². The molecular formula is C12H13NO3S. The van der Waals surface area contributed by atoms with Crippen LogP contribution in [-0.4, -0.2) is 29.5 Å². The Morgan fingerprint density at radius 1 is 1.53 bits per heavy atom. The van der Waals surface area contributed by atoms with Gasteiger partial charge in [0.05, 0.1) is 11.5 Å². The van der Waals surface area contributed by atoms with Crippen molar-refractivity contribution < 1.29 is 14.6 Å². The van der Waals surface area contributed by atoms with Gasteiger partial charge in [-0.25, -0.2) is 0 Å². The average molecular weight is 251 g/mol. The van der Waals surface area contributed by atoms with Crippen LogP contribution in [0.15, 0.2) is 24.3 Å². The fraction of sp³-hybridized carbons (Fsp3) is 0.417. The monoisotopic (exact) mass is 251 g/mol. The van der Waals surface area contributed by atoms with Gasteiger partial charge in [-0.2, -0.15) is 0 Å². The van der Waals surface area contributed by atoms with Gasteiger partial charge in [-0.3, -0.25) is 10.1 Å². The largest absolute Gasteiger partial charge is 0.493 e. The molecule has 2 aliphatic rings. The fourth-order valence-corrected chi connectivity index (χ4v) is 3.84. The molecule has 1 unspecified atom stereocenters. The first-order chi connectivity index (χ1) is 8.21. The molecule has 1 aromatic rings. The lowest BCUT2D eigenvalue weighted by molar-refractivity contribution is -0.139. The van der Waals surface area contributed by atoms with Crippen molar-refractivity contribution >= 4 is 17.7 Å². The van der Waals surface area contributed by atoms with Crippen molar-refractivity contribution in [2.45, 2.75) is 17.3 Å². The smallest absolute Gasteiger partial charge is 0.321 e. The summed E-state index contributed by atoms with van der Waals surface area (Å²) in [6, 6.07) is 7.38. The van der Waals surface area contributed by atoms with E-state index in [1.807, 2.05) is 24.3 Å². The van der Waals surface area contributed by atoms with E-state index < -0.39 is 12.0 Å². The lowest BCUT2D eigenvalue weighted by Crippen LogP contribution is -2.45. The van der Waals surface area contributed by atoms with Gasteiger partial charge in [-0.15, -0.1) is 11.8 Å². The molecule has 0 amide bonds. The lowest BCUT2D eigenvalue weighted by Gasteiger charge is -2.35. The van der Waals surface area contributed by atoms with Gasteiger partial charge < -0.3 is 9.84 Å². The standard InChI is InChI=1S/C12H13NO3S/c14-11(15)9-7-17-12(13-9)5-6-16-10-4-2-1-3-8(10)12/h1-4,9,13H,5-7H2,(H,14,15)/t9-,12?/m1/s1. The van der Waals surface area contributed by atoms with Gasteiger partial charge in [0.2, 0.25) is 0 Å². The molecule has 90 valence electrons. The topological polar surface area (TPSA) is 58.6 Å². The number of carboxylic acid groups (broad SMARTS) is 1. The highest BCUT2D eigenvalue weighted by molar-refractivity contribution is 8.00. The number of aliphatic carboxylic acids is 1. The molecule has 0 saturated carbocycles. The number of para-hydroxylation sites is 1. The van der Waals surface area contributed by atoms with Crippen LogP contribution in [0.4, 0.5) is 0 Å². The molecule has 0 aliphatic carbocycles. The highest BCUT2D eigenvalue weighted by Gasteiger charge is 2.46. The predicted molar refractivity (Wildman–Crippen MR) is 65.2 cm³/mol. The summed E-state index contributed by atoms with van der Waals surface area (Å²) in [7, 11) is 0. The Morgan fingerprint density at radius 3 is 3.12 bits per heavy atom. The predicted octanol–water partition coefficient (Wildman–Crippen LogP) is 1.41. The number of ether oxygens (including phenoxy) is 1. The van der Waals surface area contributed by atoms with E-state index in [9.17, 15) is 4.79 Å². The quantitative estimate of drug-likeness (QED) is 0.790. The van der Waals surface area contributed by atoms with Gasteiger partial charge in [-0.05, 0) is 6.07 Å². The van der Waals surface area contributed by atoms with Crippen LogP contribution in [0.2, 0.25) is 0 Å². The molecule has 2 heterocycles. The summed E-state index contributed by atoms with van der Waals surface area (Å²) in [5.41, 5.74) is 1.07.